The van der Waals surface area contributed by atoms with Gasteiger partial charge in [-0.2, -0.15) is 10.4 Å². The Morgan fingerprint density at radius 2 is 2.30 bits per heavy atom. The number of anilines is 1. The molecule has 0 bridgehead atoms. The number of allylic oxidation sites excluding steroid dienone is 3. The quantitative estimate of drug-likeness (QED) is 0.718. The smallest absolute Gasteiger partial charge is 0.223 e. The first kappa shape index (κ1) is 18.6. The van der Waals surface area contributed by atoms with E-state index in [0.29, 0.717) is 18.2 Å². The zero-order chi connectivity index (χ0) is 19.4. The molecule has 1 aliphatic rings. The average molecular weight is 366 g/mol. The minimum Gasteiger partial charge on any atom is -0.508 e. The normalized spacial score (nSPS) is 17.6. The molecule has 140 valence electrons. The van der Waals surface area contributed by atoms with Crippen LogP contribution in [0.4, 0.5) is 5.95 Å². The molecule has 3 rings (SSSR count). The van der Waals surface area contributed by atoms with Gasteiger partial charge in [0.1, 0.15) is 12.3 Å². The Hall–Kier alpha value is -3.18. The number of rotatable bonds is 6. The summed E-state index contributed by atoms with van der Waals surface area (Å²) in [6.07, 6.45) is 7.15. The van der Waals surface area contributed by atoms with Gasteiger partial charge in [-0.25, -0.2) is 9.97 Å². The van der Waals surface area contributed by atoms with Gasteiger partial charge in [-0.1, -0.05) is 5.57 Å². The van der Waals surface area contributed by atoms with Crippen LogP contribution in [0.2, 0.25) is 0 Å². The third-order valence-corrected chi connectivity index (χ3v) is 4.17. The number of hydrogen-bond acceptors (Lipinski definition) is 7. The Bertz CT molecular complexity index is 923. The van der Waals surface area contributed by atoms with Gasteiger partial charge < -0.3 is 15.5 Å². The zero-order valence-electron chi connectivity index (χ0n) is 15.3. The van der Waals surface area contributed by atoms with Crippen molar-refractivity contribution in [2.24, 2.45) is 0 Å². The van der Waals surface area contributed by atoms with Crippen LogP contribution >= 0.6 is 0 Å². The molecule has 0 amide bonds. The van der Waals surface area contributed by atoms with Crippen LogP contribution in [0.25, 0.3) is 11.3 Å². The van der Waals surface area contributed by atoms with Crippen LogP contribution < -0.4 is 5.32 Å². The maximum absolute atomic E-state index is 9.99. The van der Waals surface area contributed by atoms with Gasteiger partial charge in [-0.15, -0.1) is 0 Å². The van der Waals surface area contributed by atoms with Gasteiger partial charge in [0.05, 0.1) is 23.6 Å². The standard InChI is InChI=1S/C19H22N6O2/c1-12-7-14(9-15(27)8-12)18-16(11-25(24-18)6-4-20)17-3-5-21-19(23-17)22-10-13(2)26/h3,5,8-9,11,13-14,26-27H,6-7,10H2,1-2H3,(H,21,22,23)/t13-,14?/m0/s1. The lowest BCUT2D eigenvalue weighted by atomic mass is 9.89. The lowest BCUT2D eigenvalue weighted by Gasteiger charge is -2.17. The van der Waals surface area contributed by atoms with E-state index in [9.17, 15) is 10.2 Å². The van der Waals surface area contributed by atoms with Crippen LogP contribution in [0.15, 0.2) is 41.9 Å². The van der Waals surface area contributed by atoms with E-state index < -0.39 is 6.10 Å². The van der Waals surface area contributed by atoms with E-state index in [1.54, 1.807) is 42.2 Å². The molecule has 2 heterocycles. The van der Waals surface area contributed by atoms with Crippen molar-refractivity contribution in [3.05, 3.63) is 47.6 Å². The van der Waals surface area contributed by atoms with E-state index in [-0.39, 0.29) is 18.2 Å². The summed E-state index contributed by atoms with van der Waals surface area (Å²) in [6, 6.07) is 3.87. The summed E-state index contributed by atoms with van der Waals surface area (Å²) < 4.78 is 1.58. The largest absolute Gasteiger partial charge is 0.508 e. The Balaban J connectivity index is 1.99. The molecule has 0 saturated heterocycles. The Morgan fingerprint density at radius 1 is 1.48 bits per heavy atom. The van der Waals surface area contributed by atoms with Gasteiger partial charge >= 0.3 is 0 Å². The summed E-state index contributed by atoms with van der Waals surface area (Å²) in [5.41, 5.74) is 3.26. The summed E-state index contributed by atoms with van der Waals surface area (Å²) in [5, 5.41) is 36.0. The summed E-state index contributed by atoms with van der Waals surface area (Å²) >= 11 is 0. The fraction of sp³-hybridized carbons (Fsp3) is 0.368. The van der Waals surface area contributed by atoms with Crippen LogP contribution in [0, 0.1) is 11.3 Å². The summed E-state index contributed by atoms with van der Waals surface area (Å²) in [6.45, 7) is 4.11. The van der Waals surface area contributed by atoms with Crippen molar-refractivity contribution in [3.8, 4) is 17.3 Å². The minimum atomic E-state index is -0.517. The summed E-state index contributed by atoms with van der Waals surface area (Å²) in [7, 11) is 0. The van der Waals surface area contributed by atoms with Crippen LogP contribution in [-0.4, -0.2) is 42.6 Å². The number of nitriles is 1. The molecular weight excluding hydrogens is 344 g/mol. The Morgan fingerprint density at radius 3 is 3.00 bits per heavy atom. The third kappa shape index (κ3) is 4.51. The van der Waals surface area contributed by atoms with Crippen LogP contribution in [-0.2, 0) is 6.54 Å². The van der Waals surface area contributed by atoms with Gasteiger partial charge in [0.2, 0.25) is 5.95 Å². The second-order valence-electron chi connectivity index (χ2n) is 6.67. The monoisotopic (exact) mass is 366 g/mol. The maximum atomic E-state index is 9.99. The molecule has 0 aromatic carbocycles. The lowest BCUT2D eigenvalue weighted by Crippen LogP contribution is -2.16. The molecule has 0 fully saturated rings. The topological polar surface area (TPSA) is 120 Å². The second-order valence-corrected chi connectivity index (χ2v) is 6.67. The SMILES string of the molecule is CC1=CC(O)=CC(c2nn(CC#N)cc2-c2ccnc(NC[C@H](C)O)n2)C1. The highest BCUT2D eigenvalue weighted by Crippen LogP contribution is 2.35. The molecule has 0 aliphatic heterocycles. The van der Waals surface area contributed by atoms with E-state index >= 15 is 0 Å². The van der Waals surface area contributed by atoms with Crippen molar-refractivity contribution in [2.75, 3.05) is 11.9 Å². The number of nitrogens with one attached hydrogen (secondary N) is 1. The first-order valence-electron chi connectivity index (χ1n) is 8.74. The molecule has 1 unspecified atom stereocenters. The van der Waals surface area contributed by atoms with E-state index in [2.05, 4.69) is 26.5 Å². The minimum absolute atomic E-state index is 0.103. The van der Waals surface area contributed by atoms with Gasteiger partial charge in [0.15, 0.2) is 0 Å². The first-order valence-corrected chi connectivity index (χ1v) is 8.74. The van der Waals surface area contributed by atoms with Gasteiger partial charge in [0, 0.05) is 30.4 Å². The molecule has 0 radical (unpaired) electrons. The predicted molar refractivity (Wildman–Crippen MR) is 101 cm³/mol. The molecule has 8 nitrogen and oxygen atoms in total. The fourth-order valence-corrected chi connectivity index (χ4v) is 3.04. The third-order valence-electron chi connectivity index (χ3n) is 4.17. The van der Waals surface area contributed by atoms with Gasteiger partial charge in [-0.05, 0) is 38.5 Å². The molecule has 8 heteroatoms. The molecule has 27 heavy (non-hydrogen) atoms. The Kier molecular flexibility index (Phi) is 5.52. The van der Waals surface area contributed by atoms with Crippen LogP contribution in [0.5, 0.6) is 0 Å². The molecular formula is C19H22N6O2. The number of aromatic nitrogens is 4. The Labute approximate surface area is 157 Å². The average Bonchev–Trinajstić information content (AvgIpc) is 3.04. The maximum Gasteiger partial charge on any atom is 0.223 e. The van der Waals surface area contributed by atoms with E-state index in [4.69, 9.17) is 5.26 Å². The van der Waals surface area contributed by atoms with Gasteiger partial charge in [0.25, 0.3) is 0 Å². The highest BCUT2D eigenvalue weighted by molar-refractivity contribution is 5.64. The zero-order valence-corrected chi connectivity index (χ0v) is 15.3. The van der Waals surface area contributed by atoms with Crippen molar-refractivity contribution in [1.29, 1.82) is 5.26 Å². The fourth-order valence-electron chi connectivity index (χ4n) is 3.04. The van der Waals surface area contributed by atoms with Crippen molar-refractivity contribution in [1.82, 2.24) is 19.7 Å². The molecule has 2 aromatic rings. The summed E-state index contributed by atoms with van der Waals surface area (Å²) in [5.74, 6) is 0.519. The first-order chi connectivity index (χ1) is 13.0. The van der Waals surface area contributed by atoms with Gasteiger partial charge in [-0.3, -0.25) is 4.68 Å². The molecule has 0 spiro atoms. The highest BCUT2D eigenvalue weighted by atomic mass is 16.3. The summed E-state index contributed by atoms with van der Waals surface area (Å²) in [4.78, 5) is 8.69. The lowest BCUT2D eigenvalue weighted by molar-refractivity contribution is 0.208. The number of aliphatic hydroxyl groups is 2. The molecule has 2 atom stereocenters. The molecule has 3 N–H and O–H groups in total. The molecule has 0 saturated carbocycles. The number of aliphatic hydroxyl groups excluding tert-OH is 2. The van der Waals surface area contributed by atoms with Crippen molar-refractivity contribution < 1.29 is 10.2 Å². The van der Waals surface area contributed by atoms with Crippen molar-refractivity contribution in [3.63, 3.8) is 0 Å². The molecule has 1 aliphatic carbocycles. The van der Waals surface area contributed by atoms with E-state index in [1.165, 1.54) is 0 Å². The van der Waals surface area contributed by atoms with Crippen molar-refractivity contribution >= 4 is 5.95 Å². The van der Waals surface area contributed by atoms with Crippen LogP contribution in [0.3, 0.4) is 0 Å². The van der Waals surface area contributed by atoms with Crippen LogP contribution in [0.1, 0.15) is 31.9 Å². The number of hydrogen-bond donors (Lipinski definition) is 3. The predicted octanol–water partition coefficient (Wildman–Crippen LogP) is 2.53. The van der Waals surface area contributed by atoms with E-state index in [0.717, 1.165) is 23.3 Å². The van der Waals surface area contributed by atoms with Crippen molar-refractivity contribution in [2.45, 2.75) is 38.8 Å². The molecule has 2 aromatic heterocycles. The number of nitrogens with zero attached hydrogens (tertiary/aromatic N) is 5. The van der Waals surface area contributed by atoms with E-state index in [1.807, 2.05) is 6.92 Å². The second kappa shape index (κ2) is 8.01. The highest BCUT2D eigenvalue weighted by Gasteiger charge is 2.23.